The molecule has 0 spiro atoms. The van der Waals surface area contributed by atoms with Crippen LogP contribution in [0.25, 0.3) is 10.8 Å². The van der Waals surface area contributed by atoms with Crippen molar-refractivity contribution >= 4 is 26.7 Å². The van der Waals surface area contributed by atoms with E-state index >= 15 is 0 Å². The lowest BCUT2D eigenvalue weighted by molar-refractivity contribution is 0.419. The monoisotopic (exact) mass is 318 g/mol. The van der Waals surface area contributed by atoms with Crippen molar-refractivity contribution in [3.63, 3.8) is 0 Å². The molecule has 0 radical (unpaired) electrons. The Hall–Kier alpha value is -1.02. The molecular formula is C17H19BrO. The van der Waals surface area contributed by atoms with Crippen LogP contribution in [-0.2, 0) is 6.42 Å². The van der Waals surface area contributed by atoms with Crippen LogP contribution in [0.3, 0.4) is 0 Å². The second kappa shape index (κ2) is 5.16. The second-order valence-electron chi connectivity index (χ2n) is 5.54. The molecule has 2 aromatic rings. The van der Waals surface area contributed by atoms with Crippen LogP contribution in [0.4, 0.5) is 0 Å². The van der Waals surface area contributed by atoms with Gasteiger partial charge in [0.2, 0.25) is 0 Å². The first-order valence-electron chi connectivity index (χ1n) is 6.93. The van der Waals surface area contributed by atoms with E-state index in [4.69, 9.17) is 4.74 Å². The molecule has 0 fully saturated rings. The highest BCUT2D eigenvalue weighted by Gasteiger charge is 2.23. The molecule has 0 saturated heterocycles. The van der Waals surface area contributed by atoms with Gasteiger partial charge in [0.15, 0.2) is 0 Å². The zero-order valence-electron chi connectivity index (χ0n) is 11.4. The van der Waals surface area contributed by atoms with Gasteiger partial charge in [0.25, 0.3) is 0 Å². The highest BCUT2D eigenvalue weighted by molar-refractivity contribution is 9.09. The largest absolute Gasteiger partial charge is 0.496 e. The first-order valence-corrected chi connectivity index (χ1v) is 7.85. The smallest absolute Gasteiger partial charge is 0.127 e. The summed E-state index contributed by atoms with van der Waals surface area (Å²) in [5, 5.41) is 2.59. The Balaban J connectivity index is 2.28. The lowest BCUT2D eigenvalue weighted by Crippen LogP contribution is -1.98. The van der Waals surface area contributed by atoms with E-state index in [9.17, 15) is 0 Å². The minimum Gasteiger partial charge on any atom is -0.496 e. The number of aryl methyl sites for hydroxylation is 1. The normalized spacial score (nSPS) is 22.9. The SMILES string of the molecule is COc1cc2c(c3ccccc13)CCC(C)CC2Br. The molecule has 3 rings (SSSR count). The summed E-state index contributed by atoms with van der Waals surface area (Å²) in [5.41, 5.74) is 2.92. The molecule has 0 aromatic heterocycles. The Bertz CT molecular complexity index is 605. The van der Waals surface area contributed by atoms with Crippen molar-refractivity contribution in [2.45, 2.75) is 31.0 Å². The first-order chi connectivity index (χ1) is 9.20. The van der Waals surface area contributed by atoms with Gasteiger partial charge in [-0.15, -0.1) is 0 Å². The number of rotatable bonds is 1. The van der Waals surface area contributed by atoms with Gasteiger partial charge in [0.1, 0.15) is 5.75 Å². The van der Waals surface area contributed by atoms with Crippen LogP contribution in [0, 0.1) is 5.92 Å². The van der Waals surface area contributed by atoms with Crippen LogP contribution >= 0.6 is 15.9 Å². The van der Waals surface area contributed by atoms with Crippen LogP contribution in [-0.4, -0.2) is 7.11 Å². The maximum Gasteiger partial charge on any atom is 0.127 e. The Morgan fingerprint density at radius 2 is 1.95 bits per heavy atom. The van der Waals surface area contributed by atoms with Crippen LogP contribution < -0.4 is 4.74 Å². The number of halogens is 1. The number of alkyl halides is 1. The van der Waals surface area contributed by atoms with Crippen molar-refractivity contribution in [3.8, 4) is 5.75 Å². The third kappa shape index (κ3) is 2.27. The Morgan fingerprint density at radius 3 is 2.68 bits per heavy atom. The molecular weight excluding hydrogens is 300 g/mol. The molecule has 1 aliphatic carbocycles. The number of hydrogen-bond acceptors (Lipinski definition) is 1. The molecule has 0 N–H and O–H groups in total. The van der Waals surface area contributed by atoms with Crippen molar-refractivity contribution in [1.29, 1.82) is 0 Å². The fraction of sp³-hybridized carbons (Fsp3) is 0.412. The molecule has 1 aliphatic rings. The summed E-state index contributed by atoms with van der Waals surface area (Å²) in [5.74, 6) is 1.76. The van der Waals surface area contributed by atoms with Crippen molar-refractivity contribution in [2.75, 3.05) is 7.11 Å². The average Bonchev–Trinajstić information content (AvgIpc) is 2.57. The molecule has 19 heavy (non-hydrogen) atoms. The standard InChI is InChI=1S/C17H19BrO/c1-11-7-8-13-12-5-3-4-6-14(12)17(19-2)10-15(13)16(18)9-11/h3-6,10-11,16H,7-9H2,1-2H3. The highest BCUT2D eigenvalue weighted by atomic mass is 79.9. The van der Waals surface area contributed by atoms with Crippen LogP contribution in [0.15, 0.2) is 30.3 Å². The molecule has 0 saturated carbocycles. The summed E-state index contributed by atoms with van der Waals surface area (Å²) in [6.07, 6.45) is 3.64. The minimum absolute atomic E-state index is 0.443. The number of hydrogen-bond donors (Lipinski definition) is 0. The van der Waals surface area contributed by atoms with Gasteiger partial charge < -0.3 is 4.74 Å². The summed E-state index contributed by atoms with van der Waals surface area (Å²) < 4.78 is 5.59. The van der Waals surface area contributed by atoms with Gasteiger partial charge in [0.05, 0.1) is 7.11 Å². The summed E-state index contributed by atoms with van der Waals surface area (Å²) >= 11 is 3.87. The fourth-order valence-corrected chi connectivity index (χ4v) is 4.19. The lowest BCUT2D eigenvalue weighted by Gasteiger charge is -2.17. The van der Waals surface area contributed by atoms with Crippen molar-refractivity contribution in [2.24, 2.45) is 5.92 Å². The molecule has 1 nitrogen and oxygen atoms in total. The highest BCUT2D eigenvalue weighted by Crippen LogP contribution is 2.43. The molecule has 0 amide bonds. The fourth-order valence-electron chi connectivity index (χ4n) is 3.14. The van der Waals surface area contributed by atoms with E-state index in [1.165, 1.54) is 41.2 Å². The Labute approximate surface area is 123 Å². The molecule has 2 unspecified atom stereocenters. The molecule has 0 aliphatic heterocycles. The summed E-state index contributed by atoms with van der Waals surface area (Å²) in [7, 11) is 1.76. The number of benzene rings is 2. The first kappa shape index (κ1) is 13.0. The van der Waals surface area contributed by atoms with E-state index in [1.807, 2.05) is 0 Å². The van der Waals surface area contributed by atoms with E-state index in [1.54, 1.807) is 7.11 Å². The van der Waals surface area contributed by atoms with E-state index < -0.39 is 0 Å². The van der Waals surface area contributed by atoms with Crippen molar-refractivity contribution < 1.29 is 4.74 Å². The number of methoxy groups -OCH3 is 1. The average molecular weight is 319 g/mol. The summed E-state index contributed by atoms with van der Waals surface area (Å²) in [6.45, 7) is 2.35. The second-order valence-corrected chi connectivity index (χ2v) is 6.64. The van der Waals surface area contributed by atoms with Gasteiger partial charge in [0, 0.05) is 10.2 Å². The number of fused-ring (bicyclic) bond motifs is 3. The third-order valence-electron chi connectivity index (χ3n) is 4.21. The quantitative estimate of drug-likeness (QED) is 0.515. The van der Waals surface area contributed by atoms with Crippen molar-refractivity contribution in [3.05, 3.63) is 41.5 Å². The molecule has 2 aromatic carbocycles. The molecule has 0 bridgehead atoms. The van der Waals surface area contributed by atoms with Crippen LogP contribution in [0.1, 0.15) is 35.7 Å². The molecule has 100 valence electrons. The van der Waals surface area contributed by atoms with Gasteiger partial charge in [-0.1, -0.05) is 47.1 Å². The zero-order valence-corrected chi connectivity index (χ0v) is 13.0. The van der Waals surface area contributed by atoms with Gasteiger partial charge in [-0.25, -0.2) is 0 Å². The van der Waals surface area contributed by atoms with E-state index in [0.717, 1.165) is 11.7 Å². The maximum absolute atomic E-state index is 5.59. The van der Waals surface area contributed by atoms with Crippen LogP contribution in [0.5, 0.6) is 5.75 Å². The minimum atomic E-state index is 0.443. The van der Waals surface area contributed by atoms with E-state index in [0.29, 0.717) is 4.83 Å². The van der Waals surface area contributed by atoms with E-state index in [2.05, 4.69) is 53.2 Å². The lowest BCUT2D eigenvalue weighted by atomic mass is 9.95. The predicted octanol–water partition coefficient (Wildman–Crippen LogP) is 5.26. The van der Waals surface area contributed by atoms with Gasteiger partial charge >= 0.3 is 0 Å². The van der Waals surface area contributed by atoms with Gasteiger partial charge in [-0.3, -0.25) is 0 Å². The number of ether oxygens (including phenoxy) is 1. The van der Waals surface area contributed by atoms with Crippen molar-refractivity contribution in [1.82, 2.24) is 0 Å². The Kier molecular flexibility index (Phi) is 3.53. The summed E-state index contributed by atoms with van der Waals surface area (Å²) in [6, 6.07) is 10.8. The summed E-state index contributed by atoms with van der Waals surface area (Å²) in [4.78, 5) is 0.443. The Morgan fingerprint density at radius 1 is 1.21 bits per heavy atom. The van der Waals surface area contributed by atoms with Crippen LogP contribution in [0.2, 0.25) is 0 Å². The van der Waals surface area contributed by atoms with E-state index in [-0.39, 0.29) is 0 Å². The topological polar surface area (TPSA) is 9.23 Å². The molecule has 2 atom stereocenters. The molecule has 0 heterocycles. The maximum atomic E-state index is 5.59. The van der Waals surface area contributed by atoms with Gasteiger partial charge in [-0.2, -0.15) is 0 Å². The zero-order chi connectivity index (χ0) is 13.4. The predicted molar refractivity (Wildman–Crippen MR) is 84.3 cm³/mol. The molecule has 2 heteroatoms. The van der Waals surface area contributed by atoms with Gasteiger partial charge in [-0.05, 0) is 47.8 Å². The third-order valence-corrected chi connectivity index (χ3v) is 5.07.